The van der Waals surface area contributed by atoms with Crippen molar-refractivity contribution in [1.29, 1.82) is 5.26 Å². The van der Waals surface area contributed by atoms with E-state index in [0.717, 1.165) is 5.69 Å². The van der Waals surface area contributed by atoms with Crippen LogP contribution in [0.15, 0.2) is 24.3 Å². The second-order valence-corrected chi connectivity index (χ2v) is 4.71. The van der Waals surface area contributed by atoms with Crippen molar-refractivity contribution in [3.8, 4) is 6.07 Å². The van der Waals surface area contributed by atoms with Crippen LogP contribution in [0.2, 0.25) is 0 Å². The maximum absolute atomic E-state index is 8.79. The first-order valence-corrected chi connectivity index (χ1v) is 5.41. The Morgan fingerprint density at radius 3 is 2.80 bits per heavy atom. The van der Waals surface area contributed by atoms with Crippen LogP contribution in [-0.2, 0) is 0 Å². The van der Waals surface area contributed by atoms with Crippen molar-refractivity contribution in [2.75, 3.05) is 5.32 Å². The minimum Gasteiger partial charge on any atom is -0.382 e. The van der Waals surface area contributed by atoms with Crippen molar-refractivity contribution in [2.24, 2.45) is 5.41 Å². The average Bonchev–Trinajstić information content (AvgIpc) is 2.98. The molecule has 78 valence electrons. The first kappa shape index (κ1) is 10.0. The standard InChI is InChI=1S/C13H16N2/c1-10(13(2)6-7-13)15-12-5-3-4-11(8-12)9-14/h3-5,8,10,15H,6-7H2,1-2H3. The minimum absolute atomic E-state index is 0.461. The zero-order valence-electron chi connectivity index (χ0n) is 9.25. The largest absolute Gasteiger partial charge is 0.382 e. The van der Waals surface area contributed by atoms with E-state index >= 15 is 0 Å². The van der Waals surface area contributed by atoms with Gasteiger partial charge in [0, 0.05) is 11.7 Å². The van der Waals surface area contributed by atoms with E-state index in [0.29, 0.717) is 17.0 Å². The van der Waals surface area contributed by atoms with Crippen LogP contribution >= 0.6 is 0 Å². The van der Waals surface area contributed by atoms with Crippen molar-refractivity contribution in [3.63, 3.8) is 0 Å². The molecule has 1 unspecified atom stereocenters. The van der Waals surface area contributed by atoms with Crippen LogP contribution in [0.1, 0.15) is 32.3 Å². The van der Waals surface area contributed by atoms with Crippen LogP contribution in [0.4, 0.5) is 5.69 Å². The van der Waals surface area contributed by atoms with Gasteiger partial charge in [0.05, 0.1) is 11.6 Å². The smallest absolute Gasteiger partial charge is 0.0992 e. The molecule has 1 aliphatic carbocycles. The van der Waals surface area contributed by atoms with Crippen LogP contribution < -0.4 is 5.32 Å². The third kappa shape index (κ3) is 2.12. The van der Waals surface area contributed by atoms with Crippen molar-refractivity contribution < 1.29 is 0 Å². The fourth-order valence-electron chi connectivity index (χ4n) is 1.73. The molecular formula is C13H16N2. The fraction of sp³-hybridized carbons (Fsp3) is 0.462. The molecule has 1 fully saturated rings. The molecular weight excluding hydrogens is 184 g/mol. The lowest BCUT2D eigenvalue weighted by molar-refractivity contribution is 0.493. The highest BCUT2D eigenvalue weighted by Crippen LogP contribution is 2.48. The van der Waals surface area contributed by atoms with E-state index in [1.165, 1.54) is 12.8 Å². The number of nitriles is 1. The molecule has 1 aromatic carbocycles. The highest BCUT2D eigenvalue weighted by molar-refractivity contribution is 5.50. The third-order valence-electron chi connectivity index (χ3n) is 3.46. The summed E-state index contributed by atoms with van der Waals surface area (Å²) in [6.45, 7) is 4.52. The number of nitrogens with zero attached hydrogens (tertiary/aromatic N) is 1. The van der Waals surface area contributed by atoms with Gasteiger partial charge in [0.1, 0.15) is 0 Å². The van der Waals surface area contributed by atoms with Crippen LogP contribution in [0.3, 0.4) is 0 Å². The number of benzene rings is 1. The van der Waals surface area contributed by atoms with E-state index in [4.69, 9.17) is 5.26 Å². The molecule has 15 heavy (non-hydrogen) atoms. The van der Waals surface area contributed by atoms with Gasteiger partial charge in [-0.2, -0.15) is 5.26 Å². The molecule has 2 nitrogen and oxygen atoms in total. The number of hydrogen-bond acceptors (Lipinski definition) is 2. The molecule has 0 radical (unpaired) electrons. The summed E-state index contributed by atoms with van der Waals surface area (Å²) in [7, 11) is 0. The molecule has 1 aliphatic rings. The maximum atomic E-state index is 8.79. The van der Waals surface area contributed by atoms with Crippen molar-refractivity contribution in [3.05, 3.63) is 29.8 Å². The quantitative estimate of drug-likeness (QED) is 0.813. The third-order valence-corrected chi connectivity index (χ3v) is 3.46. The summed E-state index contributed by atoms with van der Waals surface area (Å²) in [4.78, 5) is 0. The average molecular weight is 200 g/mol. The van der Waals surface area contributed by atoms with Crippen molar-refractivity contribution in [1.82, 2.24) is 0 Å². The lowest BCUT2D eigenvalue weighted by Gasteiger charge is -2.21. The van der Waals surface area contributed by atoms with E-state index < -0.39 is 0 Å². The molecule has 0 amide bonds. The Labute approximate surface area is 90.9 Å². The first-order chi connectivity index (χ1) is 7.14. The highest BCUT2D eigenvalue weighted by Gasteiger charge is 2.42. The Bertz CT molecular complexity index is 399. The molecule has 2 heteroatoms. The second kappa shape index (κ2) is 3.58. The summed E-state index contributed by atoms with van der Waals surface area (Å²) in [5.41, 5.74) is 2.23. The minimum atomic E-state index is 0.461. The molecule has 0 heterocycles. The second-order valence-electron chi connectivity index (χ2n) is 4.71. The molecule has 0 bridgehead atoms. The highest BCUT2D eigenvalue weighted by atomic mass is 14.9. The van der Waals surface area contributed by atoms with Gasteiger partial charge in [-0.25, -0.2) is 0 Å². The molecule has 1 saturated carbocycles. The van der Waals surface area contributed by atoms with E-state index in [-0.39, 0.29) is 0 Å². The number of anilines is 1. The lowest BCUT2D eigenvalue weighted by Crippen LogP contribution is -2.24. The van der Waals surface area contributed by atoms with Crippen molar-refractivity contribution in [2.45, 2.75) is 32.7 Å². The molecule has 0 aliphatic heterocycles. The number of rotatable bonds is 3. The van der Waals surface area contributed by atoms with Crippen LogP contribution in [-0.4, -0.2) is 6.04 Å². The van der Waals surface area contributed by atoms with Gasteiger partial charge in [0.15, 0.2) is 0 Å². The van der Waals surface area contributed by atoms with E-state index in [1.54, 1.807) is 0 Å². The summed E-state index contributed by atoms with van der Waals surface area (Å²) in [5, 5.41) is 12.3. The maximum Gasteiger partial charge on any atom is 0.0992 e. The van der Waals surface area contributed by atoms with Crippen LogP contribution in [0, 0.1) is 16.7 Å². The van der Waals surface area contributed by atoms with Gasteiger partial charge in [-0.1, -0.05) is 13.0 Å². The normalized spacial score (nSPS) is 19.0. The molecule has 1 aromatic rings. The van der Waals surface area contributed by atoms with Crippen LogP contribution in [0.25, 0.3) is 0 Å². The van der Waals surface area contributed by atoms with Crippen LogP contribution in [0.5, 0.6) is 0 Å². The zero-order chi connectivity index (χ0) is 10.9. The topological polar surface area (TPSA) is 35.8 Å². The molecule has 2 rings (SSSR count). The van der Waals surface area contributed by atoms with Gasteiger partial charge in [0.2, 0.25) is 0 Å². The monoisotopic (exact) mass is 200 g/mol. The van der Waals surface area contributed by atoms with Gasteiger partial charge in [-0.3, -0.25) is 0 Å². The Morgan fingerprint density at radius 1 is 1.47 bits per heavy atom. The SMILES string of the molecule is CC(Nc1cccc(C#N)c1)C1(C)CC1. The number of hydrogen-bond donors (Lipinski definition) is 1. The summed E-state index contributed by atoms with van der Waals surface area (Å²) in [6.07, 6.45) is 2.61. The molecule has 0 spiro atoms. The summed E-state index contributed by atoms with van der Waals surface area (Å²) < 4.78 is 0. The Morgan fingerprint density at radius 2 is 2.20 bits per heavy atom. The Hall–Kier alpha value is -1.49. The predicted octanol–water partition coefficient (Wildman–Crippen LogP) is 3.16. The van der Waals surface area contributed by atoms with Gasteiger partial charge in [-0.05, 0) is 43.4 Å². The summed E-state index contributed by atoms with van der Waals surface area (Å²) in [6, 6.07) is 10.3. The van der Waals surface area contributed by atoms with Gasteiger partial charge < -0.3 is 5.32 Å². The summed E-state index contributed by atoms with van der Waals surface area (Å²) >= 11 is 0. The molecule has 0 aromatic heterocycles. The van der Waals surface area contributed by atoms with Gasteiger partial charge in [0.25, 0.3) is 0 Å². The predicted molar refractivity (Wildman–Crippen MR) is 61.6 cm³/mol. The molecule has 1 atom stereocenters. The zero-order valence-corrected chi connectivity index (χ0v) is 9.25. The fourth-order valence-corrected chi connectivity index (χ4v) is 1.73. The lowest BCUT2D eigenvalue weighted by atomic mass is 10.0. The van der Waals surface area contributed by atoms with Gasteiger partial charge in [-0.15, -0.1) is 0 Å². The van der Waals surface area contributed by atoms with E-state index in [2.05, 4.69) is 25.2 Å². The van der Waals surface area contributed by atoms with Gasteiger partial charge >= 0.3 is 0 Å². The Kier molecular flexibility index (Phi) is 2.40. The number of nitrogens with one attached hydrogen (secondary N) is 1. The first-order valence-electron chi connectivity index (χ1n) is 5.41. The Balaban J connectivity index is 2.07. The summed E-state index contributed by atoms with van der Waals surface area (Å²) in [5.74, 6) is 0. The molecule has 0 saturated heterocycles. The van der Waals surface area contributed by atoms with E-state index in [9.17, 15) is 0 Å². The molecule has 1 N–H and O–H groups in total. The van der Waals surface area contributed by atoms with E-state index in [1.807, 2.05) is 24.3 Å². The van der Waals surface area contributed by atoms with Crippen molar-refractivity contribution >= 4 is 5.69 Å².